The Labute approximate surface area is 127 Å². The van der Waals surface area contributed by atoms with Gasteiger partial charge < -0.3 is 14.8 Å². The fourth-order valence-corrected chi connectivity index (χ4v) is 2.38. The highest BCUT2D eigenvalue weighted by molar-refractivity contribution is 6.30. The summed E-state index contributed by atoms with van der Waals surface area (Å²) in [7, 11) is 0. The molecule has 5 heteroatoms. The molecule has 21 heavy (non-hydrogen) atoms. The van der Waals surface area contributed by atoms with Crippen LogP contribution in [0.4, 0.5) is 0 Å². The number of carbonyl (C=O) groups is 1. The fraction of sp³-hybridized carbons (Fsp3) is 0.188. The Morgan fingerprint density at radius 2 is 2.00 bits per heavy atom. The molecule has 0 saturated carbocycles. The van der Waals surface area contributed by atoms with Gasteiger partial charge in [0.1, 0.15) is 0 Å². The molecule has 2 aromatic rings. The van der Waals surface area contributed by atoms with Crippen molar-refractivity contribution in [3.05, 3.63) is 58.6 Å². The van der Waals surface area contributed by atoms with Crippen LogP contribution in [-0.2, 0) is 0 Å². The first-order valence-corrected chi connectivity index (χ1v) is 6.97. The Balaban J connectivity index is 1.74. The quantitative estimate of drug-likeness (QED) is 0.943. The molecule has 1 atom stereocenters. The third kappa shape index (κ3) is 2.95. The van der Waals surface area contributed by atoms with Gasteiger partial charge in [-0.25, -0.2) is 0 Å². The molecular formula is C16H14ClNO3. The molecule has 1 amide bonds. The monoisotopic (exact) mass is 303 g/mol. The van der Waals surface area contributed by atoms with Crippen LogP contribution in [-0.4, -0.2) is 12.7 Å². The summed E-state index contributed by atoms with van der Waals surface area (Å²) < 4.78 is 10.5. The first kappa shape index (κ1) is 13.8. The molecule has 1 heterocycles. The summed E-state index contributed by atoms with van der Waals surface area (Å²) >= 11 is 5.96. The minimum absolute atomic E-state index is 0.137. The van der Waals surface area contributed by atoms with Crippen molar-refractivity contribution in [1.29, 1.82) is 0 Å². The van der Waals surface area contributed by atoms with E-state index in [4.69, 9.17) is 21.1 Å². The summed E-state index contributed by atoms with van der Waals surface area (Å²) in [4.78, 5) is 12.3. The second kappa shape index (κ2) is 5.66. The van der Waals surface area contributed by atoms with Crippen LogP contribution in [0.5, 0.6) is 11.5 Å². The van der Waals surface area contributed by atoms with Crippen LogP contribution in [0.2, 0.25) is 5.02 Å². The van der Waals surface area contributed by atoms with E-state index in [1.54, 1.807) is 24.3 Å². The van der Waals surface area contributed by atoms with Crippen LogP contribution < -0.4 is 14.8 Å². The number of halogens is 1. The van der Waals surface area contributed by atoms with Crippen molar-refractivity contribution in [3.63, 3.8) is 0 Å². The summed E-state index contributed by atoms with van der Waals surface area (Å²) in [6.45, 7) is 2.11. The zero-order valence-electron chi connectivity index (χ0n) is 11.4. The molecule has 1 aliphatic rings. The highest BCUT2D eigenvalue weighted by atomic mass is 35.5. The van der Waals surface area contributed by atoms with E-state index in [1.165, 1.54) is 0 Å². The van der Waals surface area contributed by atoms with Gasteiger partial charge in [-0.05, 0) is 42.8 Å². The number of rotatable bonds is 3. The van der Waals surface area contributed by atoms with Crippen molar-refractivity contribution in [2.75, 3.05) is 6.79 Å². The number of carbonyl (C=O) groups excluding carboxylic acids is 1. The number of hydrogen-bond acceptors (Lipinski definition) is 3. The van der Waals surface area contributed by atoms with Gasteiger partial charge in [-0.15, -0.1) is 0 Å². The van der Waals surface area contributed by atoms with Crippen LogP contribution in [0.1, 0.15) is 28.9 Å². The molecule has 0 bridgehead atoms. The Morgan fingerprint density at radius 1 is 1.19 bits per heavy atom. The van der Waals surface area contributed by atoms with Gasteiger partial charge in [0, 0.05) is 10.6 Å². The van der Waals surface area contributed by atoms with Gasteiger partial charge in [-0.3, -0.25) is 4.79 Å². The van der Waals surface area contributed by atoms with E-state index in [0.717, 1.165) is 5.56 Å². The topological polar surface area (TPSA) is 47.6 Å². The maximum Gasteiger partial charge on any atom is 0.251 e. The van der Waals surface area contributed by atoms with Crippen molar-refractivity contribution >= 4 is 17.5 Å². The minimum atomic E-state index is -0.166. The van der Waals surface area contributed by atoms with Crippen molar-refractivity contribution in [2.24, 2.45) is 0 Å². The van der Waals surface area contributed by atoms with Crippen molar-refractivity contribution in [1.82, 2.24) is 5.32 Å². The zero-order valence-corrected chi connectivity index (χ0v) is 12.2. The van der Waals surface area contributed by atoms with Crippen LogP contribution >= 0.6 is 11.6 Å². The van der Waals surface area contributed by atoms with E-state index in [9.17, 15) is 4.79 Å². The van der Waals surface area contributed by atoms with Gasteiger partial charge in [0.2, 0.25) is 6.79 Å². The van der Waals surface area contributed by atoms with E-state index in [2.05, 4.69) is 5.32 Å². The van der Waals surface area contributed by atoms with E-state index in [-0.39, 0.29) is 18.7 Å². The minimum Gasteiger partial charge on any atom is -0.454 e. The smallest absolute Gasteiger partial charge is 0.251 e. The summed E-state index contributed by atoms with van der Waals surface area (Å²) in [5.74, 6) is 1.09. The largest absolute Gasteiger partial charge is 0.454 e. The SMILES string of the molecule is C[C@@H](NC(=O)c1ccc2c(c1)OCO2)c1cccc(Cl)c1. The summed E-state index contributed by atoms with van der Waals surface area (Å²) in [6.07, 6.45) is 0. The van der Waals surface area contributed by atoms with Crippen LogP contribution in [0.3, 0.4) is 0 Å². The lowest BCUT2D eigenvalue weighted by atomic mass is 10.1. The number of amides is 1. The first-order valence-electron chi connectivity index (χ1n) is 6.59. The average molecular weight is 304 g/mol. The Hall–Kier alpha value is -2.20. The zero-order chi connectivity index (χ0) is 14.8. The maximum absolute atomic E-state index is 12.3. The highest BCUT2D eigenvalue weighted by Crippen LogP contribution is 2.32. The van der Waals surface area contributed by atoms with Crippen molar-refractivity contribution in [3.8, 4) is 11.5 Å². The third-order valence-electron chi connectivity index (χ3n) is 3.33. The molecule has 4 nitrogen and oxygen atoms in total. The van der Waals surface area contributed by atoms with Crippen LogP contribution in [0, 0.1) is 0 Å². The molecule has 0 aliphatic carbocycles. The lowest BCUT2D eigenvalue weighted by molar-refractivity contribution is 0.0939. The van der Waals surface area contributed by atoms with E-state index in [0.29, 0.717) is 22.1 Å². The van der Waals surface area contributed by atoms with E-state index < -0.39 is 0 Å². The molecule has 0 aromatic heterocycles. The van der Waals surface area contributed by atoms with Crippen molar-refractivity contribution in [2.45, 2.75) is 13.0 Å². The Bertz CT molecular complexity index is 687. The highest BCUT2D eigenvalue weighted by Gasteiger charge is 2.17. The summed E-state index contributed by atoms with van der Waals surface area (Å²) in [6, 6.07) is 12.4. The Morgan fingerprint density at radius 3 is 2.81 bits per heavy atom. The first-order chi connectivity index (χ1) is 10.1. The molecule has 1 aliphatic heterocycles. The van der Waals surface area contributed by atoms with Crippen LogP contribution in [0.15, 0.2) is 42.5 Å². The summed E-state index contributed by atoms with van der Waals surface area (Å²) in [5.41, 5.74) is 1.49. The average Bonchev–Trinajstić information content (AvgIpc) is 2.94. The second-order valence-corrected chi connectivity index (χ2v) is 5.25. The van der Waals surface area contributed by atoms with Gasteiger partial charge in [0.15, 0.2) is 11.5 Å². The number of benzene rings is 2. The van der Waals surface area contributed by atoms with Crippen molar-refractivity contribution < 1.29 is 14.3 Å². The predicted octanol–water partition coefficient (Wildman–Crippen LogP) is 3.56. The normalized spacial score (nSPS) is 13.8. The molecule has 2 aromatic carbocycles. The predicted molar refractivity (Wildman–Crippen MR) is 79.9 cm³/mol. The lowest BCUT2D eigenvalue weighted by Gasteiger charge is -2.14. The summed E-state index contributed by atoms with van der Waals surface area (Å²) in [5, 5.41) is 3.59. The second-order valence-electron chi connectivity index (χ2n) is 4.82. The van der Waals surface area contributed by atoms with Gasteiger partial charge >= 0.3 is 0 Å². The third-order valence-corrected chi connectivity index (χ3v) is 3.57. The van der Waals surface area contributed by atoms with Gasteiger partial charge in [0.25, 0.3) is 5.91 Å². The molecule has 3 rings (SSSR count). The molecule has 0 radical (unpaired) electrons. The van der Waals surface area contributed by atoms with Gasteiger partial charge in [-0.2, -0.15) is 0 Å². The van der Waals surface area contributed by atoms with Crippen LogP contribution in [0.25, 0.3) is 0 Å². The number of hydrogen-bond donors (Lipinski definition) is 1. The van der Waals surface area contributed by atoms with Gasteiger partial charge in [-0.1, -0.05) is 23.7 Å². The number of ether oxygens (including phenoxy) is 2. The molecular weight excluding hydrogens is 290 g/mol. The molecule has 1 N–H and O–H groups in total. The fourth-order valence-electron chi connectivity index (χ4n) is 2.18. The molecule has 0 spiro atoms. The van der Waals surface area contributed by atoms with E-state index >= 15 is 0 Å². The Kier molecular flexibility index (Phi) is 3.71. The molecule has 108 valence electrons. The molecule has 0 saturated heterocycles. The lowest BCUT2D eigenvalue weighted by Crippen LogP contribution is -2.26. The number of nitrogens with one attached hydrogen (secondary N) is 1. The van der Waals surface area contributed by atoms with Gasteiger partial charge in [0.05, 0.1) is 6.04 Å². The molecule has 0 unspecified atom stereocenters. The standard InChI is InChI=1S/C16H14ClNO3/c1-10(11-3-2-4-13(17)7-11)18-16(19)12-5-6-14-15(8-12)21-9-20-14/h2-8,10H,9H2,1H3,(H,18,19)/t10-/m1/s1. The number of fused-ring (bicyclic) bond motifs is 1. The van der Waals surface area contributed by atoms with E-state index in [1.807, 2.05) is 25.1 Å². The maximum atomic E-state index is 12.3. The molecule has 0 fully saturated rings.